The van der Waals surface area contributed by atoms with Gasteiger partial charge in [0, 0.05) is 0 Å². The molecule has 59 valence electrons. The first-order valence-electron chi connectivity index (χ1n) is 3.13. The Morgan fingerprint density at radius 3 is 3.09 bits per heavy atom. The topological polar surface area (TPSA) is 46.9 Å². The molecule has 0 saturated heterocycles. The molecule has 1 heterocycles. The fourth-order valence-corrected chi connectivity index (χ4v) is 1.17. The van der Waals surface area contributed by atoms with Gasteiger partial charge < -0.3 is 0 Å². The average molecular weight is 217 g/mol. The standard InChI is InChI=1S/C6H8N3OSe/c1-7-4-9-5(10)2-3-8-6(9)11/h2-3,7H,4H2,1H3. The Morgan fingerprint density at radius 2 is 2.55 bits per heavy atom. The second-order valence-corrected chi connectivity index (χ2v) is 2.77. The molecule has 0 spiro atoms. The first-order chi connectivity index (χ1) is 5.25. The van der Waals surface area contributed by atoms with Gasteiger partial charge in [0.25, 0.3) is 0 Å². The Hall–Kier alpha value is -0.641. The zero-order valence-corrected chi connectivity index (χ0v) is 7.79. The summed E-state index contributed by atoms with van der Waals surface area (Å²) in [5.74, 6) is 0. The fourth-order valence-electron chi connectivity index (χ4n) is 0.722. The van der Waals surface area contributed by atoms with Gasteiger partial charge in [-0.1, -0.05) is 0 Å². The summed E-state index contributed by atoms with van der Waals surface area (Å²) < 4.78 is 2.12. The van der Waals surface area contributed by atoms with Crippen LogP contribution >= 0.6 is 0 Å². The van der Waals surface area contributed by atoms with Gasteiger partial charge in [0.1, 0.15) is 0 Å². The van der Waals surface area contributed by atoms with Crippen LogP contribution in [0.15, 0.2) is 17.1 Å². The fraction of sp³-hybridized carbons (Fsp3) is 0.333. The van der Waals surface area contributed by atoms with Gasteiger partial charge in [-0.3, -0.25) is 0 Å². The quantitative estimate of drug-likeness (QED) is 0.595. The molecule has 0 unspecified atom stereocenters. The van der Waals surface area contributed by atoms with E-state index in [1.165, 1.54) is 16.8 Å². The molecular weight excluding hydrogens is 209 g/mol. The van der Waals surface area contributed by atoms with E-state index in [-0.39, 0.29) is 5.56 Å². The molecule has 0 aliphatic carbocycles. The second-order valence-electron chi connectivity index (χ2n) is 2.01. The van der Waals surface area contributed by atoms with Crippen molar-refractivity contribution in [3.63, 3.8) is 0 Å². The second kappa shape index (κ2) is 3.66. The molecule has 0 amide bonds. The number of hydrogen-bond donors (Lipinski definition) is 1. The van der Waals surface area contributed by atoms with E-state index in [1.807, 2.05) is 0 Å². The van der Waals surface area contributed by atoms with Gasteiger partial charge in [-0.2, -0.15) is 0 Å². The van der Waals surface area contributed by atoms with E-state index in [0.717, 1.165) is 0 Å². The van der Waals surface area contributed by atoms with Crippen LogP contribution in [0.1, 0.15) is 0 Å². The van der Waals surface area contributed by atoms with Crippen molar-refractivity contribution in [2.45, 2.75) is 6.67 Å². The van der Waals surface area contributed by atoms with Gasteiger partial charge in [0.05, 0.1) is 0 Å². The summed E-state index contributed by atoms with van der Waals surface area (Å²) in [6.07, 6.45) is 1.49. The number of nitrogens with one attached hydrogen (secondary N) is 1. The van der Waals surface area contributed by atoms with Crippen molar-refractivity contribution >= 4 is 20.7 Å². The maximum atomic E-state index is 11.1. The zero-order valence-electron chi connectivity index (χ0n) is 6.07. The Labute approximate surface area is 72.5 Å². The van der Waals surface area contributed by atoms with E-state index in [0.29, 0.717) is 11.4 Å². The first kappa shape index (κ1) is 8.46. The Morgan fingerprint density at radius 1 is 1.82 bits per heavy atom. The molecule has 1 radical (unpaired) electrons. The van der Waals surface area contributed by atoms with Crippen LogP contribution < -0.4 is 15.6 Å². The summed E-state index contributed by atoms with van der Waals surface area (Å²) >= 11 is 2.71. The number of hydrogen-bond acceptors (Lipinski definition) is 3. The Bertz CT molecular complexity index is 296. The van der Waals surface area contributed by atoms with Gasteiger partial charge in [0.2, 0.25) is 0 Å². The van der Waals surface area contributed by atoms with Crippen molar-refractivity contribution in [1.82, 2.24) is 14.9 Å². The molecule has 0 bridgehead atoms. The number of nitrogens with zero attached hydrogens (tertiary/aromatic N) is 2. The van der Waals surface area contributed by atoms with Gasteiger partial charge in [0.15, 0.2) is 0 Å². The van der Waals surface area contributed by atoms with Crippen molar-refractivity contribution in [2.24, 2.45) is 0 Å². The zero-order chi connectivity index (χ0) is 8.27. The molecule has 0 saturated carbocycles. The summed E-state index contributed by atoms with van der Waals surface area (Å²) in [5.41, 5.74) is -0.0527. The molecular formula is C6H8N3OSe. The van der Waals surface area contributed by atoms with Crippen LogP contribution in [0, 0.1) is 0 Å². The van der Waals surface area contributed by atoms with E-state index in [1.54, 1.807) is 7.05 Å². The van der Waals surface area contributed by atoms with Gasteiger partial charge in [-0.05, 0) is 0 Å². The van der Waals surface area contributed by atoms with Crippen molar-refractivity contribution in [3.8, 4) is 0 Å². The van der Waals surface area contributed by atoms with Crippen LogP contribution in [0.5, 0.6) is 0 Å². The van der Waals surface area contributed by atoms with E-state index in [4.69, 9.17) is 0 Å². The molecule has 1 rings (SSSR count). The molecule has 0 atom stereocenters. The van der Waals surface area contributed by atoms with Crippen LogP contribution in [-0.2, 0) is 6.67 Å². The van der Waals surface area contributed by atoms with Crippen LogP contribution in [0.25, 0.3) is 0 Å². The monoisotopic (exact) mass is 218 g/mol. The molecule has 1 N–H and O–H groups in total. The third kappa shape index (κ3) is 1.89. The third-order valence-corrected chi connectivity index (χ3v) is 1.90. The summed E-state index contributed by atoms with van der Waals surface area (Å²) in [4.78, 5) is 15.0. The molecule has 4 nitrogen and oxygen atoms in total. The Balaban J connectivity index is 3.10. The molecule has 0 fully saturated rings. The molecule has 1 aromatic heterocycles. The summed E-state index contributed by atoms with van der Waals surface area (Å²) in [6, 6.07) is 1.43. The predicted octanol–water partition coefficient (Wildman–Crippen LogP) is -1.79. The normalized spacial score (nSPS) is 9.91. The maximum absolute atomic E-state index is 11.1. The predicted molar refractivity (Wildman–Crippen MR) is 42.9 cm³/mol. The van der Waals surface area contributed by atoms with Crippen LogP contribution in [-0.4, -0.2) is 32.6 Å². The Kier molecular flexibility index (Phi) is 2.82. The van der Waals surface area contributed by atoms with Crippen molar-refractivity contribution < 1.29 is 0 Å². The van der Waals surface area contributed by atoms with E-state index in [2.05, 4.69) is 26.3 Å². The summed E-state index contributed by atoms with van der Waals surface area (Å²) in [5, 5.41) is 2.87. The summed E-state index contributed by atoms with van der Waals surface area (Å²) in [6.45, 7) is 0.481. The molecule has 11 heavy (non-hydrogen) atoms. The molecule has 0 aliphatic rings. The van der Waals surface area contributed by atoms with E-state index < -0.39 is 0 Å². The molecule has 0 aromatic carbocycles. The van der Waals surface area contributed by atoms with Gasteiger partial charge >= 0.3 is 71.9 Å². The minimum atomic E-state index is -0.0527. The molecule has 0 aliphatic heterocycles. The summed E-state index contributed by atoms with van der Waals surface area (Å²) in [7, 11) is 1.78. The first-order valence-corrected chi connectivity index (χ1v) is 3.99. The SMILES string of the molecule is CNCn1c([Se])nccc1=O. The van der Waals surface area contributed by atoms with Crippen molar-refractivity contribution in [3.05, 3.63) is 22.6 Å². The van der Waals surface area contributed by atoms with Crippen LogP contribution in [0.3, 0.4) is 0 Å². The minimum absolute atomic E-state index is 0.0527. The van der Waals surface area contributed by atoms with Gasteiger partial charge in [-0.25, -0.2) is 0 Å². The van der Waals surface area contributed by atoms with Crippen molar-refractivity contribution in [1.29, 1.82) is 0 Å². The van der Waals surface area contributed by atoms with E-state index >= 15 is 0 Å². The van der Waals surface area contributed by atoms with E-state index in [9.17, 15) is 4.79 Å². The molecule has 1 aromatic rings. The molecule has 5 heteroatoms. The van der Waals surface area contributed by atoms with Crippen molar-refractivity contribution in [2.75, 3.05) is 7.05 Å². The average Bonchev–Trinajstić information content (AvgIpc) is 1.97. The van der Waals surface area contributed by atoms with Gasteiger partial charge in [-0.15, -0.1) is 0 Å². The number of aromatic nitrogens is 2. The number of rotatable bonds is 2. The third-order valence-electron chi connectivity index (χ3n) is 1.22. The van der Waals surface area contributed by atoms with Crippen LogP contribution in [0.4, 0.5) is 0 Å². The van der Waals surface area contributed by atoms with Crippen LogP contribution in [0.2, 0.25) is 0 Å².